The number of aryl methyl sites for hydroxylation is 2. The van der Waals surface area contributed by atoms with E-state index in [0.29, 0.717) is 28.8 Å². The van der Waals surface area contributed by atoms with Crippen LogP contribution >= 0.6 is 0 Å². The zero-order chi connectivity index (χ0) is 47.9. The fraction of sp³-hybridized carbons (Fsp3) is 0.310. The Morgan fingerprint density at radius 3 is 1.37 bits per heavy atom. The summed E-state index contributed by atoms with van der Waals surface area (Å²) >= 11 is 0. The van der Waals surface area contributed by atoms with E-state index in [-0.39, 0.29) is 65.8 Å². The molecule has 6 aromatic rings. The average Bonchev–Trinajstić information content (AvgIpc) is 3.30. The Morgan fingerprint density at radius 1 is 0.549 bits per heavy atom. The van der Waals surface area contributed by atoms with Gasteiger partial charge in [-0.15, -0.1) is 0 Å². The van der Waals surface area contributed by atoms with E-state index in [1.165, 1.54) is 12.7 Å². The number of hydrogen-bond acceptors (Lipinski definition) is 10. The number of fused-ring (bicyclic) bond motifs is 2. The van der Waals surface area contributed by atoms with Gasteiger partial charge in [-0.3, -0.25) is 0 Å². The van der Waals surface area contributed by atoms with Crippen molar-refractivity contribution in [3.63, 3.8) is 0 Å². The number of carbonyl (C=O) groups is 4. The van der Waals surface area contributed by atoms with Crippen molar-refractivity contribution >= 4 is 35.3 Å². The van der Waals surface area contributed by atoms with E-state index in [9.17, 15) is 24.3 Å². The molecule has 71 heavy (non-hydrogen) atoms. The predicted octanol–water partition coefficient (Wildman–Crippen LogP) is 8.65. The number of benzene rings is 6. The summed E-state index contributed by atoms with van der Waals surface area (Å²) in [5, 5.41) is 9.30. The third kappa shape index (κ3) is 15.4. The molecule has 0 unspecified atom stereocenters. The third-order valence-corrected chi connectivity index (χ3v) is 11.6. The Kier molecular flexibility index (Phi) is 21.4. The van der Waals surface area contributed by atoms with Crippen molar-refractivity contribution < 1.29 is 79.0 Å². The van der Waals surface area contributed by atoms with Crippen molar-refractivity contribution in [3.05, 3.63) is 178 Å². The van der Waals surface area contributed by atoms with Crippen LogP contribution in [0.4, 0.5) is 11.4 Å². The SMILES string of the molecule is C.CC(C)(C)OC(=O)c1ccccc1-c1cccc(CN2CCCc3cc(C(=O)O)ccc32)c1.COC(=O)c1ccc2c(c1)CCCN2Cc1cccc(-c2ccccc2C(=O)OC(C)(C)C)c1.O.[Na+].[OH-]. The topological polar surface area (TPSA) is 184 Å². The quantitative estimate of drug-likeness (QED) is 0.0788. The maximum atomic E-state index is 12.8. The Balaban J connectivity index is 0.000000355. The van der Waals surface area contributed by atoms with Crippen LogP contribution in [0.3, 0.4) is 0 Å². The van der Waals surface area contributed by atoms with Crippen molar-refractivity contribution in [3.8, 4) is 22.3 Å². The van der Waals surface area contributed by atoms with Crippen LogP contribution in [-0.4, -0.2) is 71.3 Å². The summed E-state index contributed by atoms with van der Waals surface area (Å²) in [6.07, 6.45) is 3.84. The standard InChI is InChI=1S/C29H31NO4.C28H29NO4.CH4.Na.2H2O/c1-29(2,3)34-28(32)25-13-6-5-12-24(25)21-10-7-9-20(17-21)19-30-16-8-11-22-18-23(27(31)33-4)14-15-26(22)30;1-28(2,3)33-27(32)24-12-5-4-11-23(24)20-9-6-8-19(16-20)18-29-15-7-10-21-17-22(26(30)31)13-14-25(21)29;;;;/h5-7,9-10,12-15,17-18H,8,11,16,19H2,1-4H3;4-6,8-9,11-14,16-17H,7,10,15,18H2,1-3H3,(H,30,31);1H4;;2*1H2/q;;;+1;;/p-1. The molecular weight excluding hydrogens is 908 g/mol. The molecule has 0 amide bonds. The summed E-state index contributed by atoms with van der Waals surface area (Å²) in [6.45, 7) is 14.5. The van der Waals surface area contributed by atoms with E-state index < -0.39 is 17.2 Å². The number of nitrogens with zero attached hydrogens (tertiary/aromatic N) is 2. The summed E-state index contributed by atoms with van der Waals surface area (Å²) in [5.41, 5.74) is 11.3. The minimum Gasteiger partial charge on any atom is -0.870 e. The molecule has 0 aliphatic carbocycles. The number of carboxylic acids is 1. The molecule has 2 aliphatic rings. The average molecular weight is 975 g/mol. The van der Waals surface area contributed by atoms with Gasteiger partial charge in [-0.05, 0) is 172 Å². The Morgan fingerprint density at radius 2 is 0.958 bits per heavy atom. The molecule has 6 aromatic carbocycles. The van der Waals surface area contributed by atoms with Crippen molar-refractivity contribution in [2.45, 2.75) is 98.9 Å². The zero-order valence-corrected chi connectivity index (χ0v) is 43.5. The molecule has 0 saturated carbocycles. The molecule has 0 radical (unpaired) electrons. The van der Waals surface area contributed by atoms with Crippen LogP contribution < -0.4 is 39.4 Å². The minimum absolute atomic E-state index is 0. The van der Waals surface area contributed by atoms with Gasteiger partial charge in [0.05, 0.1) is 29.4 Å². The molecule has 0 bridgehead atoms. The Labute approximate surface area is 440 Å². The fourth-order valence-electron chi connectivity index (χ4n) is 8.66. The van der Waals surface area contributed by atoms with Gasteiger partial charge in [0.15, 0.2) is 0 Å². The first kappa shape index (κ1) is 59.0. The van der Waals surface area contributed by atoms with Crippen LogP contribution in [0.5, 0.6) is 0 Å². The van der Waals surface area contributed by atoms with E-state index in [0.717, 1.165) is 95.6 Å². The summed E-state index contributed by atoms with van der Waals surface area (Å²) in [6, 6.07) is 42.8. The number of hydrogen-bond donors (Lipinski definition) is 1. The molecule has 13 heteroatoms. The minimum atomic E-state index is -0.897. The molecule has 0 aromatic heterocycles. The van der Waals surface area contributed by atoms with Crippen LogP contribution in [-0.2, 0) is 40.1 Å². The van der Waals surface area contributed by atoms with Gasteiger partial charge >= 0.3 is 53.4 Å². The van der Waals surface area contributed by atoms with Crippen LogP contribution in [0.15, 0.2) is 133 Å². The van der Waals surface area contributed by atoms with Gasteiger partial charge in [-0.2, -0.15) is 0 Å². The summed E-state index contributed by atoms with van der Waals surface area (Å²) < 4.78 is 16.1. The van der Waals surface area contributed by atoms with E-state index >= 15 is 0 Å². The number of anilines is 2. The molecule has 0 atom stereocenters. The summed E-state index contributed by atoms with van der Waals surface area (Å²) in [5.74, 6) is -1.86. The van der Waals surface area contributed by atoms with Gasteiger partial charge in [0.25, 0.3) is 0 Å². The Hall–Kier alpha value is -6.28. The van der Waals surface area contributed by atoms with Crippen LogP contribution in [0.1, 0.15) is 125 Å². The molecule has 0 fully saturated rings. The normalized spacial score (nSPS) is 12.5. The van der Waals surface area contributed by atoms with E-state index in [1.807, 2.05) is 133 Å². The van der Waals surface area contributed by atoms with Crippen LogP contribution in [0.2, 0.25) is 0 Å². The molecule has 12 nitrogen and oxygen atoms in total. The van der Waals surface area contributed by atoms with Crippen molar-refractivity contribution in [2.24, 2.45) is 0 Å². The maximum absolute atomic E-state index is 12.8. The first-order chi connectivity index (χ1) is 32.0. The number of aromatic carboxylic acids is 1. The van der Waals surface area contributed by atoms with Crippen molar-refractivity contribution in [2.75, 3.05) is 30.0 Å². The van der Waals surface area contributed by atoms with Gasteiger partial charge in [0.2, 0.25) is 0 Å². The molecule has 2 aliphatic heterocycles. The number of esters is 3. The van der Waals surface area contributed by atoms with Gasteiger partial charge < -0.3 is 40.1 Å². The second-order valence-electron chi connectivity index (χ2n) is 19.0. The zero-order valence-electron chi connectivity index (χ0n) is 41.5. The number of ether oxygens (including phenoxy) is 3. The van der Waals surface area contributed by atoms with Crippen LogP contribution in [0.25, 0.3) is 22.3 Å². The molecule has 8 rings (SSSR count). The predicted molar refractivity (Wildman–Crippen MR) is 276 cm³/mol. The third-order valence-electron chi connectivity index (χ3n) is 11.6. The summed E-state index contributed by atoms with van der Waals surface area (Å²) in [7, 11) is 1.40. The van der Waals surface area contributed by atoms with Gasteiger partial charge in [0.1, 0.15) is 11.2 Å². The number of methoxy groups -OCH3 is 1. The molecule has 2 heterocycles. The van der Waals surface area contributed by atoms with E-state index in [4.69, 9.17) is 14.2 Å². The first-order valence-electron chi connectivity index (χ1n) is 22.9. The van der Waals surface area contributed by atoms with E-state index in [1.54, 1.807) is 18.2 Å². The second kappa shape index (κ2) is 25.7. The molecule has 4 N–H and O–H groups in total. The number of rotatable bonds is 10. The number of carbonyl (C=O) groups excluding carboxylic acids is 3. The van der Waals surface area contributed by atoms with E-state index in [2.05, 4.69) is 34.1 Å². The first-order valence-corrected chi connectivity index (χ1v) is 22.9. The van der Waals surface area contributed by atoms with Crippen molar-refractivity contribution in [1.29, 1.82) is 0 Å². The molecule has 0 saturated heterocycles. The van der Waals surface area contributed by atoms with Crippen LogP contribution in [0, 0.1) is 0 Å². The van der Waals surface area contributed by atoms with Gasteiger partial charge in [-0.1, -0.05) is 80.2 Å². The largest absolute Gasteiger partial charge is 1.00 e. The smallest absolute Gasteiger partial charge is 0.870 e. The van der Waals surface area contributed by atoms with Gasteiger partial charge in [-0.25, -0.2) is 19.2 Å². The fourth-order valence-corrected chi connectivity index (χ4v) is 8.66. The molecular formula is C58H67N2NaO10. The second-order valence-corrected chi connectivity index (χ2v) is 19.0. The van der Waals surface area contributed by atoms with Crippen molar-refractivity contribution in [1.82, 2.24) is 0 Å². The van der Waals surface area contributed by atoms with Gasteiger partial charge in [0, 0.05) is 37.6 Å². The maximum Gasteiger partial charge on any atom is 1.00 e. The Bertz CT molecular complexity index is 2790. The summed E-state index contributed by atoms with van der Waals surface area (Å²) in [4.78, 5) is 53.5. The monoisotopic (exact) mass is 974 g/mol. The number of carboxylic acid groups (broad SMARTS) is 1. The molecule has 0 spiro atoms. The molecule has 370 valence electrons.